The molecule has 0 aliphatic heterocycles. The lowest BCUT2D eigenvalue weighted by atomic mass is 10.3. The zero-order chi connectivity index (χ0) is 14.3. The van der Waals surface area contributed by atoms with Gasteiger partial charge in [-0.3, -0.25) is 4.79 Å². The Morgan fingerprint density at radius 1 is 1.42 bits per heavy atom. The van der Waals surface area contributed by atoms with Gasteiger partial charge in [0.05, 0.1) is 25.9 Å². The lowest BCUT2D eigenvalue weighted by Gasteiger charge is -2.14. The van der Waals surface area contributed by atoms with Crippen molar-refractivity contribution in [3.05, 3.63) is 24.0 Å². The van der Waals surface area contributed by atoms with Crippen LogP contribution in [-0.2, 0) is 9.53 Å². The maximum atomic E-state index is 13.5. The molecule has 2 N–H and O–H groups in total. The Labute approximate surface area is 112 Å². The van der Waals surface area contributed by atoms with Crippen LogP contribution in [0.1, 0.15) is 6.92 Å². The van der Waals surface area contributed by atoms with Crippen LogP contribution < -0.4 is 15.4 Å². The molecule has 6 heteroatoms. The number of amides is 1. The second-order valence-electron chi connectivity index (χ2n) is 4.12. The zero-order valence-corrected chi connectivity index (χ0v) is 11.3. The summed E-state index contributed by atoms with van der Waals surface area (Å²) in [6.07, 6.45) is 0. The number of ether oxygens (including phenoxy) is 2. The molecular formula is C13H19FN2O3. The summed E-state index contributed by atoms with van der Waals surface area (Å²) >= 11 is 0. The largest absolute Gasteiger partial charge is 0.497 e. The predicted molar refractivity (Wildman–Crippen MR) is 70.9 cm³/mol. The van der Waals surface area contributed by atoms with E-state index in [-0.39, 0.29) is 24.2 Å². The zero-order valence-electron chi connectivity index (χ0n) is 11.3. The van der Waals surface area contributed by atoms with E-state index in [9.17, 15) is 9.18 Å². The molecule has 0 aromatic heterocycles. The van der Waals surface area contributed by atoms with Crippen LogP contribution >= 0.6 is 0 Å². The van der Waals surface area contributed by atoms with Crippen molar-refractivity contribution in [1.82, 2.24) is 5.32 Å². The first-order chi connectivity index (χ1) is 9.06. The number of halogens is 1. The number of nitrogens with one attached hydrogen (secondary N) is 2. The van der Waals surface area contributed by atoms with E-state index in [1.807, 2.05) is 6.92 Å². The number of rotatable bonds is 7. The van der Waals surface area contributed by atoms with Gasteiger partial charge < -0.3 is 20.1 Å². The molecule has 106 valence electrons. The van der Waals surface area contributed by atoms with Crippen molar-refractivity contribution >= 4 is 11.6 Å². The number of carbonyl (C=O) groups excluding carboxylic acids is 1. The molecule has 1 aromatic carbocycles. The highest BCUT2D eigenvalue weighted by Gasteiger charge is 2.09. The summed E-state index contributed by atoms with van der Waals surface area (Å²) in [7, 11) is 3.06. The smallest absolute Gasteiger partial charge is 0.239 e. The SMILES string of the molecule is COCC(C)NC(=O)CNc1cc(OC)ccc1F. The molecule has 0 fully saturated rings. The fraction of sp³-hybridized carbons (Fsp3) is 0.462. The highest BCUT2D eigenvalue weighted by molar-refractivity contribution is 5.81. The fourth-order valence-corrected chi connectivity index (χ4v) is 1.56. The minimum Gasteiger partial charge on any atom is -0.497 e. The summed E-state index contributed by atoms with van der Waals surface area (Å²) in [6, 6.07) is 4.21. The van der Waals surface area contributed by atoms with Gasteiger partial charge in [0.25, 0.3) is 0 Å². The Morgan fingerprint density at radius 2 is 2.16 bits per heavy atom. The lowest BCUT2D eigenvalue weighted by molar-refractivity contribution is -0.120. The molecule has 19 heavy (non-hydrogen) atoms. The summed E-state index contributed by atoms with van der Waals surface area (Å²) in [5.74, 6) is -0.137. The normalized spacial score (nSPS) is 11.8. The molecule has 1 amide bonds. The average Bonchev–Trinajstić information content (AvgIpc) is 2.38. The van der Waals surface area contributed by atoms with Crippen LogP contribution in [0.3, 0.4) is 0 Å². The molecule has 0 saturated heterocycles. The molecule has 1 rings (SSSR count). The van der Waals surface area contributed by atoms with Gasteiger partial charge in [0, 0.05) is 19.2 Å². The molecule has 1 aromatic rings. The summed E-state index contributed by atoms with van der Waals surface area (Å²) < 4.78 is 23.4. The van der Waals surface area contributed by atoms with Crippen LogP contribution in [0.15, 0.2) is 18.2 Å². The third-order valence-electron chi connectivity index (χ3n) is 2.44. The van der Waals surface area contributed by atoms with Gasteiger partial charge >= 0.3 is 0 Å². The van der Waals surface area contributed by atoms with Crippen molar-refractivity contribution in [2.24, 2.45) is 0 Å². The van der Waals surface area contributed by atoms with E-state index in [2.05, 4.69) is 10.6 Å². The van der Waals surface area contributed by atoms with Crippen LogP contribution in [0, 0.1) is 5.82 Å². The van der Waals surface area contributed by atoms with E-state index in [0.29, 0.717) is 12.4 Å². The van der Waals surface area contributed by atoms with E-state index in [0.717, 1.165) is 0 Å². The van der Waals surface area contributed by atoms with E-state index >= 15 is 0 Å². The Morgan fingerprint density at radius 3 is 2.79 bits per heavy atom. The third kappa shape index (κ3) is 5.13. The monoisotopic (exact) mass is 270 g/mol. The van der Waals surface area contributed by atoms with Crippen LogP contribution in [-0.4, -0.2) is 39.3 Å². The average molecular weight is 270 g/mol. The molecule has 0 aliphatic rings. The van der Waals surface area contributed by atoms with Gasteiger partial charge in [-0.25, -0.2) is 4.39 Å². The number of methoxy groups -OCH3 is 2. The summed E-state index contributed by atoms with van der Waals surface area (Å²) in [5, 5.41) is 5.45. The standard InChI is InChI=1S/C13H19FN2O3/c1-9(8-18-2)16-13(17)7-15-12-6-10(19-3)4-5-11(12)14/h4-6,9,15H,7-8H2,1-3H3,(H,16,17). The van der Waals surface area contributed by atoms with E-state index in [1.54, 1.807) is 7.11 Å². The Kier molecular flexibility index (Phi) is 6.08. The number of benzene rings is 1. The van der Waals surface area contributed by atoms with Crippen molar-refractivity contribution < 1.29 is 18.7 Å². The van der Waals surface area contributed by atoms with Crippen molar-refractivity contribution in [2.45, 2.75) is 13.0 Å². The van der Waals surface area contributed by atoms with Crippen LogP contribution in [0.2, 0.25) is 0 Å². The number of carbonyl (C=O) groups is 1. The van der Waals surface area contributed by atoms with Gasteiger partial charge in [-0.2, -0.15) is 0 Å². The van der Waals surface area contributed by atoms with Crippen molar-refractivity contribution in [3.63, 3.8) is 0 Å². The number of hydrogen-bond donors (Lipinski definition) is 2. The maximum absolute atomic E-state index is 13.5. The highest BCUT2D eigenvalue weighted by atomic mass is 19.1. The fourth-order valence-electron chi connectivity index (χ4n) is 1.56. The van der Waals surface area contributed by atoms with E-state index < -0.39 is 5.82 Å². The van der Waals surface area contributed by atoms with Gasteiger partial charge in [-0.1, -0.05) is 0 Å². The molecular weight excluding hydrogens is 251 g/mol. The summed E-state index contributed by atoms with van der Waals surface area (Å²) in [5.41, 5.74) is 0.230. The molecule has 0 spiro atoms. The topological polar surface area (TPSA) is 59.6 Å². The molecule has 1 unspecified atom stereocenters. The third-order valence-corrected chi connectivity index (χ3v) is 2.44. The molecule has 5 nitrogen and oxygen atoms in total. The minimum atomic E-state index is -0.432. The molecule has 0 bridgehead atoms. The molecule has 0 saturated carbocycles. The molecule has 0 heterocycles. The van der Waals surface area contributed by atoms with Crippen LogP contribution in [0.4, 0.5) is 10.1 Å². The Balaban J connectivity index is 2.50. The summed E-state index contributed by atoms with van der Waals surface area (Å²) in [6.45, 7) is 2.24. The molecule has 0 aliphatic carbocycles. The quantitative estimate of drug-likeness (QED) is 0.786. The highest BCUT2D eigenvalue weighted by Crippen LogP contribution is 2.20. The van der Waals surface area contributed by atoms with Crippen molar-refractivity contribution in [1.29, 1.82) is 0 Å². The minimum absolute atomic E-state index is 0.0157. The van der Waals surface area contributed by atoms with Crippen molar-refractivity contribution in [3.8, 4) is 5.75 Å². The van der Waals surface area contributed by atoms with Crippen LogP contribution in [0.25, 0.3) is 0 Å². The van der Waals surface area contributed by atoms with E-state index in [4.69, 9.17) is 9.47 Å². The Bertz CT molecular complexity index is 426. The predicted octanol–water partition coefficient (Wildman–Crippen LogP) is 1.40. The van der Waals surface area contributed by atoms with Crippen LogP contribution in [0.5, 0.6) is 5.75 Å². The maximum Gasteiger partial charge on any atom is 0.239 e. The first-order valence-electron chi connectivity index (χ1n) is 5.92. The number of anilines is 1. The van der Waals surface area contributed by atoms with Gasteiger partial charge in [0.1, 0.15) is 11.6 Å². The molecule has 0 radical (unpaired) electrons. The van der Waals surface area contributed by atoms with Gasteiger partial charge in [-0.05, 0) is 19.1 Å². The van der Waals surface area contributed by atoms with Gasteiger partial charge in [0.15, 0.2) is 0 Å². The first-order valence-corrected chi connectivity index (χ1v) is 5.92. The van der Waals surface area contributed by atoms with Gasteiger partial charge in [-0.15, -0.1) is 0 Å². The molecule has 1 atom stereocenters. The van der Waals surface area contributed by atoms with E-state index in [1.165, 1.54) is 25.3 Å². The first kappa shape index (κ1) is 15.2. The summed E-state index contributed by atoms with van der Waals surface area (Å²) in [4.78, 5) is 11.6. The number of hydrogen-bond acceptors (Lipinski definition) is 4. The Hall–Kier alpha value is -1.82. The van der Waals surface area contributed by atoms with Crippen molar-refractivity contribution in [2.75, 3.05) is 32.7 Å². The second kappa shape index (κ2) is 7.58. The second-order valence-corrected chi connectivity index (χ2v) is 4.12. The lowest BCUT2D eigenvalue weighted by Crippen LogP contribution is -2.39. The van der Waals surface area contributed by atoms with Gasteiger partial charge in [0.2, 0.25) is 5.91 Å².